The largest absolute Gasteiger partial charge is 0.495 e. The van der Waals surface area contributed by atoms with Crippen molar-refractivity contribution in [3.63, 3.8) is 0 Å². The van der Waals surface area contributed by atoms with Gasteiger partial charge in [0.05, 0.1) is 29.3 Å². The summed E-state index contributed by atoms with van der Waals surface area (Å²) >= 11 is 12.8. The first-order valence-corrected chi connectivity index (χ1v) is 15.0. The molecule has 0 spiro atoms. The molecule has 3 heterocycles. The van der Waals surface area contributed by atoms with E-state index in [4.69, 9.17) is 42.5 Å². The molecule has 1 saturated carbocycles. The number of aryl methyl sites for hydroxylation is 1. The number of halogens is 3. The monoisotopic (exact) mass is 634 g/mol. The minimum absolute atomic E-state index is 0.0113. The van der Waals surface area contributed by atoms with Gasteiger partial charge < -0.3 is 14.2 Å². The molecule has 44 heavy (non-hydrogen) atoms. The summed E-state index contributed by atoms with van der Waals surface area (Å²) in [6.07, 6.45) is 7.09. The highest BCUT2D eigenvalue weighted by Crippen LogP contribution is 2.36. The maximum Gasteiger partial charge on any atom is 0.260 e. The molecule has 1 aliphatic carbocycles. The number of amides is 1. The van der Waals surface area contributed by atoms with Crippen molar-refractivity contribution >= 4 is 29.1 Å². The van der Waals surface area contributed by atoms with Crippen LogP contribution in [0.5, 0.6) is 5.75 Å². The van der Waals surface area contributed by atoms with Crippen molar-refractivity contribution in [2.24, 2.45) is 0 Å². The molecule has 9 nitrogen and oxygen atoms in total. The van der Waals surface area contributed by atoms with E-state index in [1.807, 2.05) is 23.1 Å². The van der Waals surface area contributed by atoms with Crippen LogP contribution in [0, 0.1) is 12.7 Å². The Morgan fingerprint density at radius 3 is 2.57 bits per heavy atom. The van der Waals surface area contributed by atoms with Crippen LogP contribution in [0.1, 0.15) is 41.8 Å². The third-order valence-electron chi connectivity index (χ3n) is 7.88. The van der Waals surface area contributed by atoms with Crippen LogP contribution in [0.25, 0.3) is 34.0 Å². The lowest BCUT2D eigenvalue weighted by Gasteiger charge is -2.29. The highest BCUT2D eigenvalue weighted by molar-refractivity contribution is 6.33. The van der Waals surface area contributed by atoms with Crippen molar-refractivity contribution in [1.29, 1.82) is 0 Å². The van der Waals surface area contributed by atoms with Gasteiger partial charge in [0.2, 0.25) is 0 Å². The Labute approximate surface area is 263 Å². The van der Waals surface area contributed by atoms with E-state index in [-0.39, 0.29) is 33.8 Å². The average molecular weight is 636 g/mol. The summed E-state index contributed by atoms with van der Waals surface area (Å²) in [5, 5.41) is 9.48. The molecule has 12 heteroatoms. The molecule has 0 atom stereocenters. The maximum absolute atomic E-state index is 15.0. The first kappa shape index (κ1) is 29.8. The lowest BCUT2D eigenvalue weighted by atomic mass is 10.0. The summed E-state index contributed by atoms with van der Waals surface area (Å²) in [6.45, 7) is 2.29. The molecule has 6 rings (SSSR count). The fraction of sp³-hybridized carbons (Fsp3) is 0.281. The SMILES string of the molecule is COc1ccc(-c2nc(-c3ccncc3)nn2CCN(C(=O)c2c(-c3c(F)cccc3Cl)noc2C)C2CCCC2)cc1Cl. The number of hydrogen-bond acceptors (Lipinski definition) is 7. The highest BCUT2D eigenvalue weighted by atomic mass is 35.5. The average Bonchev–Trinajstić information content (AvgIpc) is 3.79. The number of rotatable bonds is 9. The first-order chi connectivity index (χ1) is 21.4. The van der Waals surface area contributed by atoms with Gasteiger partial charge in [0.15, 0.2) is 11.6 Å². The van der Waals surface area contributed by atoms with Gasteiger partial charge in [-0.3, -0.25) is 9.78 Å². The van der Waals surface area contributed by atoms with Crippen LogP contribution in [-0.4, -0.2) is 55.4 Å². The van der Waals surface area contributed by atoms with Crippen molar-refractivity contribution < 1.29 is 18.4 Å². The van der Waals surface area contributed by atoms with Crippen LogP contribution >= 0.6 is 23.2 Å². The van der Waals surface area contributed by atoms with E-state index >= 15 is 0 Å². The number of ether oxygens (including phenoxy) is 1. The normalized spacial score (nSPS) is 13.4. The van der Waals surface area contributed by atoms with Gasteiger partial charge in [-0.2, -0.15) is 5.10 Å². The quantitative estimate of drug-likeness (QED) is 0.165. The Balaban J connectivity index is 1.37. The molecule has 0 radical (unpaired) electrons. The highest BCUT2D eigenvalue weighted by Gasteiger charge is 2.33. The molecule has 3 aromatic heterocycles. The minimum atomic E-state index is -0.582. The first-order valence-electron chi connectivity index (χ1n) is 14.3. The fourth-order valence-electron chi connectivity index (χ4n) is 5.67. The molecular formula is C32H29Cl2FN6O3. The number of aromatic nitrogens is 5. The van der Waals surface area contributed by atoms with E-state index in [2.05, 4.69) is 10.1 Å². The van der Waals surface area contributed by atoms with Gasteiger partial charge >= 0.3 is 0 Å². The molecule has 226 valence electrons. The summed E-state index contributed by atoms with van der Waals surface area (Å²) in [5.41, 5.74) is 1.87. The predicted molar refractivity (Wildman–Crippen MR) is 165 cm³/mol. The maximum atomic E-state index is 15.0. The number of hydrogen-bond donors (Lipinski definition) is 0. The Bertz CT molecular complexity index is 1780. The molecule has 2 aromatic carbocycles. The van der Waals surface area contributed by atoms with Crippen molar-refractivity contribution in [2.45, 2.75) is 45.2 Å². The number of carbonyl (C=O) groups excluding carboxylic acids is 1. The van der Waals surface area contributed by atoms with Crippen LogP contribution in [0.15, 0.2) is 65.4 Å². The molecule has 1 fully saturated rings. The van der Waals surface area contributed by atoms with Gasteiger partial charge in [-0.15, -0.1) is 0 Å². The second-order valence-electron chi connectivity index (χ2n) is 10.6. The summed E-state index contributed by atoms with van der Waals surface area (Å²) in [6, 6.07) is 13.4. The molecule has 1 amide bonds. The van der Waals surface area contributed by atoms with Gasteiger partial charge in [0.25, 0.3) is 5.91 Å². The fourth-order valence-corrected chi connectivity index (χ4v) is 6.18. The predicted octanol–water partition coefficient (Wildman–Crippen LogP) is 7.51. The Morgan fingerprint density at radius 1 is 1.09 bits per heavy atom. The molecular weight excluding hydrogens is 606 g/mol. The van der Waals surface area contributed by atoms with Crippen LogP contribution in [-0.2, 0) is 6.54 Å². The number of methoxy groups -OCH3 is 1. The Morgan fingerprint density at radius 2 is 1.86 bits per heavy atom. The second kappa shape index (κ2) is 12.8. The van der Waals surface area contributed by atoms with E-state index in [0.717, 1.165) is 36.8 Å². The molecule has 0 saturated heterocycles. The van der Waals surface area contributed by atoms with E-state index in [9.17, 15) is 9.18 Å². The third-order valence-corrected chi connectivity index (χ3v) is 8.49. The second-order valence-corrected chi connectivity index (χ2v) is 11.4. The zero-order valence-corrected chi connectivity index (χ0v) is 25.6. The molecule has 0 aliphatic heterocycles. The molecule has 0 bridgehead atoms. The van der Waals surface area contributed by atoms with E-state index in [0.29, 0.717) is 41.3 Å². The van der Waals surface area contributed by atoms with Gasteiger partial charge in [-0.25, -0.2) is 14.1 Å². The van der Waals surface area contributed by atoms with Crippen LogP contribution in [0.3, 0.4) is 0 Å². The van der Waals surface area contributed by atoms with Crippen molar-refractivity contribution in [1.82, 2.24) is 29.8 Å². The van der Waals surface area contributed by atoms with Crippen LogP contribution < -0.4 is 4.74 Å². The summed E-state index contributed by atoms with van der Waals surface area (Å²) in [7, 11) is 1.56. The van der Waals surface area contributed by atoms with Gasteiger partial charge in [-0.1, -0.05) is 47.3 Å². The van der Waals surface area contributed by atoms with Crippen molar-refractivity contribution in [3.05, 3.63) is 88.1 Å². The number of carbonyl (C=O) groups is 1. The minimum Gasteiger partial charge on any atom is -0.495 e. The standard InChI is InChI=1S/C32H29Cl2FN6O3/c1-19-27(29(39-44-19)28-23(33)8-5-9-25(28)35)32(42)40(22-6-3-4-7-22)16-17-41-31(21-10-11-26(43-2)24(34)18-21)37-30(38-41)20-12-14-36-15-13-20/h5,8-15,18,22H,3-4,6-7,16-17H2,1-2H3. The number of nitrogens with zero attached hydrogens (tertiary/aromatic N) is 6. The lowest BCUT2D eigenvalue weighted by molar-refractivity contribution is 0.0671. The molecule has 0 N–H and O–H groups in total. The Hall–Kier alpha value is -4.28. The van der Waals surface area contributed by atoms with Crippen molar-refractivity contribution in [3.8, 4) is 39.8 Å². The van der Waals surface area contributed by atoms with Gasteiger partial charge in [0, 0.05) is 36.1 Å². The van der Waals surface area contributed by atoms with Crippen molar-refractivity contribution in [2.75, 3.05) is 13.7 Å². The van der Waals surface area contributed by atoms with Crippen LogP contribution in [0.2, 0.25) is 10.0 Å². The Kier molecular flexibility index (Phi) is 8.63. The smallest absolute Gasteiger partial charge is 0.260 e. The zero-order chi connectivity index (χ0) is 30.8. The van der Waals surface area contributed by atoms with E-state index in [1.54, 1.807) is 49.3 Å². The molecule has 0 unspecified atom stereocenters. The van der Waals surface area contributed by atoms with Gasteiger partial charge in [-0.05, 0) is 62.2 Å². The zero-order valence-electron chi connectivity index (χ0n) is 24.1. The van der Waals surface area contributed by atoms with E-state index < -0.39 is 5.82 Å². The summed E-state index contributed by atoms with van der Waals surface area (Å²) in [5.74, 6) is 1.06. The van der Waals surface area contributed by atoms with Gasteiger partial charge in [0.1, 0.15) is 28.6 Å². The summed E-state index contributed by atoms with van der Waals surface area (Å²) < 4.78 is 27.5. The molecule has 1 aliphatic rings. The molecule has 5 aromatic rings. The van der Waals surface area contributed by atoms with Crippen LogP contribution in [0.4, 0.5) is 4.39 Å². The summed E-state index contributed by atoms with van der Waals surface area (Å²) in [4.78, 5) is 25.1. The number of pyridine rings is 1. The van der Waals surface area contributed by atoms with E-state index in [1.165, 1.54) is 12.1 Å². The lowest BCUT2D eigenvalue weighted by Crippen LogP contribution is -2.41. The number of benzene rings is 2. The topological polar surface area (TPSA) is 99.2 Å². The third kappa shape index (κ3) is 5.79.